The maximum atomic E-state index is 7.57. The van der Waals surface area contributed by atoms with Crippen LogP contribution in [-0.4, -0.2) is 30.7 Å². The average molecular weight is 353 g/mol. The second-order valence-corrected chi connectivity index (χ2v) is 6.56. The van der Waals surface area contributed by atoms with Gasteiger partial charge in [-0.3, -0.25) is 0 Å². The summed E-state index contributed by atoms with van der Waals surface area (Å²) in [5.41, 5.74) is 0. The van der Waals surface area contributed by atoms with Gasteiger partial charge in [-0.15, -0.1) is 0 Å². The molecule has 3 nitrogen and oxygen atoms in total. The Labute approximate surface area is 145 Å². The average Bonchev–Trinajstić information content (AvgIpc) is 2.55. The summed E-state index contributed by atoms with van der Waals surface area (Å²) in [7, 11) is 0. The predicted molar refractivity (Wildman–Crippen MR) is 90.6 cm³/mol. The molecule has 0 amide bonds. The van der Waals surface area contributed by atoms with Crippen molar-refractivity contribution in [3.05, 3.63) is 0 Å². The summed E-state index contributed by atoms with van der Waals surface area (Å²) < 4.78 is 1.42. The molecule has 0 aliphatic heterocycles. The molecule has 0 unspecified atom stereocenters. The van der Waals surface area contributed by atoms with E-state index < -0.39 is 0 Å². The van der Waals surface area contributed by atoms with Gasteiger partial charge in [-0.1, -0.05) is 53.4 Å². The molecule has 0 saturated carbocycles. The van der Waals surface area contributed by atoms with Crippen molar-refractivity contribution in [3.63, 3.8) is 0 Å². The molecular weight excluding hydrogens is 317 g/mol. The van der Waals surface area contributed by atoms with Crippen molar-refractivity contribution in [1.82, 2.24) is 0 Å². The zero-order valence-electron chi connectivity index (χ0n) is 15.1. The van der Waals surface area contributed by atoms with Crippen LogP contribution in [0.15, 0.2) is 0 Å². The molecule has 0 aliphatic carbocycles. The van der Waals surface area contributed by atoms with E-state index in [-0.39, 0.29) is 0 Å². The summed E-state index contributed by atoms with van der Waals surface area (Å²) in [4.78, 5) is 0. The molecule has 0 aromatic rings. The van der Waals surface area contributed by atoms with E-state index in [0.717, 1.165) is 0 Å². The van der Waals surface area contributed by atoms with Gasteiger partial charge in [0.2, 0.25) is 0 Å². The van der Waals surface area contributed by atoms with Gasteiger partial charge in [0.05, 0.1) is 26.2 Å². The molecule has 0 N–H and O–H groups in total. The van der Waals surface area contributed by atoms with Crippen molar-refractivity contribution < 1.29 is 18.9 Å². The van der Waals surface area contributed by atoms with Crippen molar-refractivity contribution in [2.45, 2.75) is 79.1 Å². The van der Waals surface area contributed by atoms with E-state index in [9.17, 15) is 0 Å². The molecular formula is C18H36N3Ni+. The normalized spacial score (nSPS) is 10.5. The van der Waals surface area contributed by atoms with Gasteiger partial charge in [-0.2, -0.15) is 0 Å². The molecule has 0 heterocycles. The molecule has 0 aromatic carbocycles. The Balaban J connectivity index is 0. The number of unbranched alkanes of at least 4 members (excludes halogenated alkanes) is 4. The van der Waals surface area contributed by atoms with Crippen molar-refractivity contribution in [3.8, 4) is 10.1 Å². The monoisotopic (exact) mass is 352 g/mol. The molecule has 0 radical (unpaired) electrons. The minimum atomic E-state index is 0.431. The Morgan fingerprint density at radius 1 is 0.636 bits per heavy atom. The van der Waals surface area contributed by atoms with E-state index >= 15 is 0 Å². The predicted octanol–water partition coefficient (Wildman–Crippen LogP) is 5.03. The molecule has 0 spiro atoms. The molecule has 4 heteroatoms. The van der Waals surface area contributed by atoms with Gasteiger partial charge in [0, 0.05) is 0 Å². The second kappa shape index (κ2) is 18.5. The van der Waals surface area contributed by atoms with E-state index in [0.29, 0.717) is 14.4 Å². The van der Waals surface area contributed by atoms with Crippen molar-refractivity contribution in [2.24, 2.45) is 0 Å². The van der Waals surface area contributed by atoms with Gasteiger partial charge in [0.25, 0.3) is 0 Å². The van der Waals surface area contributed by atoms with Crippen molar-refractivity contribution >= 4 is 0 Å². The first-order valence-corrected chi connectivity index (χ1v) is 9.84. The van der Waals surface area contributed by atoms with Crippen LogP contribution in [0.5, 0.6) is 0 Å². The fourth-order valence-corrected chi connectivity index (χ4v) is 2.71. The van der Waals surface area contributed by atoms with Crippen LogP contribution in [0.4, 0.5) is 0 Å². The van der Waals surface area contributed by atoms with Crippen LogP contribution in [0, 0.1) is 20.6 Å². The Morgan fingerprint density at radius 3 is 1.05 bits per heavy atom. The molecule has 0 rings (SSSR count). The third-order valence-electron chi connectivity index (χ3n) is 4.01. The number of rotatable bonds is 12. The quantitative estimate of drug-likeness (QED) is 0.365. The van der Waals surface area contributed by atoms with Gasteiger partial charge in [-0.25, -0.2) is 0 Å². The minimum absolute atomic E-state index is 0.431. The summed E-state index contributed by atoms with van der Waals surface area (Å²) >= 11 is 0.431. The summed E-state index contributed by atoms with van der Waals surface area (Å²) in [5, 5.41) is 18.3. The number of nitriles is 2. The van der Waals surface area contributed by atoms with E-state index in [1.165, 1.54) is 82.0 Å². The third-order valence-corrected chi connectivity index (χ3v) is 4.24. The summed E-state index contributed by atoms with van der Waals surface area (Å²) in [6.45, 7) is 15.0. The Bertz CT molecular complexity index is 255. The first kappa shape index (κ1) is 23.7. The number of quaternary nitrogens is 1. The van der Waals surface area contributed by atoms with Crippen LogP contribution < -0.4 is 0 Å². The summed E-state index contributed by atoms with van der Waals surface area (Å²) in [6, 6.07) is 0. The molecule has 0 aromatic heterocycles. The topological polar surface area (TPSA) is 47.6 Å². The van der Waals surface area contributed by atoms with Crippen molar-refractivity contribution in [2.75, 3.05) is 26.2 Å². The van der Waals surface area contributed by atoms with Gasteiger partial charge >= 0.3 is 35.0 Å². The molecule has 22 heavy (non-hydrogen) atoms. The number of hydrogen-bond acceptors (Lipinski definition) is 2. The SMILES string of the molecule is CCCC[N+](CCCC)(CCCC)CCCC.N#[C][Ni][C]#N. The first-order valence-electron chi connectivity index (χ1n) is 8.86. The Kier molecular flexibility index (Phi) is 19.9. The Hall–Kier alpha value is -0.566. The van der Waals surface area contributed by atoms with E-state index in [4.69, 9.17) is 10.5 Å². The van der Waals surface area contributed by atoms with Gasteiger partial charge in [-0.05, 0) is 25.7 Å². The fourth-order valence-electron chi connectivity index (χ4n) is 2.66. The molecule has 0 atom stereocenters. The maximum absolute atomic E-state index is 7.57. The molecule has 0 aliphatic rings. The number of nitrogens with zero attached hydrogens (tertiary/aromatic N) is 3. The summed E-state index contributed by atoms with van der Waals surface area (Å²) in [6.07, 6.45) is 11.1. The molecule has 132 valence electrons. The first-order chi connectivity index (χ1) is 10.7. The Morgan fingerprint density at radius 2 is 0.909 bits per heavy atom. The van der Waals surface area contributed by atoms with Crippen LogP contribution in [0.25, 0.3) is 0 Å². The summed E-state index contributed by atoms with van der Waals surface area (Å²) in [5.74, 6) is 0. The van der Waals surface area contributed by atoms with Crippen LogP contribution in [0.2, 0.25) is 0 Å². The zero-order chi connectivity index (χ0) is 17.1. The van der Waals surface area contributed by atoms with Crippen LogP contribution in [-0.2, 0) is 14.4 Å². The van der Waals surface area contributed by atoms with E-state index in [2.05, 4.69) is 27.7 Å². The van der Waals surface area contributed by atoms with Crippen LogP contribution in [0.3, 0.4) is 0 Å². The third kappa shape index (κ3) is 14.4. The zero-order valence-corrected chi connectivity index (χ0v) is 16.1. The second-order valence-electron chi connectivity index (χ2n) is 5.87. The molecule has 0 saturated heterocycles. The standard InChI is InChI=1S/C16H36N.2CN.Ni/c1-5-9-13-17(14-10-6-2,15-11-7-3)16-12-8-4;2*1-2;/h5-16H2,1-4H3;;;/q+1;;;. The van der Waals surface area contributed by atoms with Crippen LogP contribution >= 0.6 is 0 Å². The number of hydrogen-bond donors (Lipinski definition) is 0. The molecule has 0 bridgehead atoms. The van der Waals surface area contributed by atoms with E-state index in [1.807, 2.05) is 0 Å². The van der Waals surface area contributed by atoms with Gasteiger partial charge in [0.15, 0.2) is 0 Å². The molecule has 0 fully saturated rings. The van der Waals surface area contributed by atoms with Gasteiger partial charge in [0.1, 0.15) is 0 Å². The van der Waals surface area contributed by atoms with Crippen LogP contribution in [0.1, 0.15) is 79.1 Å². The van der Waals surface area contributed by atoms with Crippen molar-refractivity contribution in [1.29, 1.82) is 10.5 Å². The van der Waals surface area contributed by atoms with Gasteiger partial charge < -0.3 is 4.48 Å². The van der Waals surface area contributed by atoms with E-state index in [1.54, 1.807) is 10.1 Å². The fraction of sp³-hybridized carbons (Fsp3) is 0.889.